The second-order valence-corrected chi connectivity index (χ2v) is 4.32. The van der Waals surface area contributed by atoms with Crippen LogP contribution in [-0.4, -0.2) is 16.5 Å². The van der Waals surface area contributed by atoms with E-state index in [2.05, 4.69) is 41.3 Å². The number of hydrogen-bond donors (Lipinski definition) is 1. The predicted octanol–water partition coefficient (Wildman–Crippen LogP) is 3.48. The molecule has 1 heterocycles. The molecule has 1 aromatic heterocycles. The molecular weight excluding hydrogens is 210 g/mol. The van der Waals surface area contributed by atoms with Crippen LogP contribution in [0, 0.1) is 5.92 Å². The topological polar surface area (TPSA) is 37.8 Å². The lowest BCUT2D eigenvalue weighted by atomic mass is 10.0. The summed E-state index contributed by atoms with van der Waals surface area (Å²) in [6.07, 6.45) is 5.89. The van der Waals surface area contributed by atoms with E-state index in [1.165, 1.54) is 12.8 Å². The Morgan fingerprint density at radius 2 is 1.76 bits per heavy atom. The van der Waals surface area contributed by atoms with Crippen molar-refractivity contribution in [3.63, 3.8) is 0 Å². The maximum Gasteiger partial charge on any atom is 0.0907 e. The molecule has 17 heavy (non-hydrogen) atoms. The summed E-state index contributed by atoms with van der Waals surface area (Å²) in [6.45, 7) is 5.50. The van der Waals surface area contributed by atoms with Crippen molar-refractivity contribution in [2.75, 3.05) is 11.9 Å². The second kappa shape index (κ2) is 5.62. The van der Waals surface area contributed by atoms with Gasteiger partial charge in [-0.15, -0.1) is 0 Å². The van der Waals surface area contributed by atoms with E-state index in [0.29, 0.717) is 0 Å². The Bertz CT molecular complexity index is 478. The molecule has 0 atom stereocenters. The van der Waals surface area contributed by atoms with Crippen LogP contribution in [0.5, 0.6) is 0 Å². The molecular formula is C14H19N3. The van der Waals surface area contributed by atoms with Gasteiger partial charge in [0.1, 0.15) is 0 Å². The van der Waals surface area contributed by atoms with Crippen molar-refractivity contribution in [1.82, 2.24) is 9.97 Å². The van der Waals surface area contributed by atoms with Crippen LogP contribution in [0.1, 0.15) is 26.7 Å². The molecule has 0 fully saturated rings. The van der Waals surface area contributed by atoms with Crippen LogP contribution in [0.4, 0.5) is 5.69 Å². The van der Waals surface area contributed by atoms with Gasteiger partial charge >= 0.3 is 0 Å². The number of aromatic nitrogens is 2. The van der Waals surface area contributed by atoms with Gasteiger partial charge in [-0.1, -0.05) is 26.7 Å². The lowest BCUT2D eigenvalue weighted by molar-refractivity contribution is 0.519. The zero-order valence-corrected chi connectivity index (χ0v) is 10.5. The Labute approximate surface area is 102 Å². The molecule has 1 N–H and O–H groups in total. The summed E-state index contributed by atoms with van der Waals surface area (Å²) in [4.78, 5) is 8.57. The molecule has 2 rings (SSSR count). The van der Waals surface area contributed by atoms with Crippen LogP contribution in [0.3, 0.4) is 0 Å². The van der Waals surface area contributed by atoms with Gasteiger partial charge < -0.3 is 5.32 Å². The fraction of sp³-hybridized carbons (Fsp3) is 0.429. The van der Waals surface area contributed by atoms with E-state index < -0.39 is 0 Å². The van der Waals surface area contributed by atoms with Crippen molar-refractivity contribution in [3.05, 3.63) is 30.6 Å². The zero-order valence-electron chi connectivity index (χ0n) is 10.5. The fourth-order valence-corrected chi connectivity index (χ4v) is 1.91. The molecule has 0 aliphatic carbocycles. The Balaban J connectivity index is 2.09. The third-order valence-electron chi connectivity index (χ3n) is 3.22. The van der Waals surface area contributed by atoms with E-state index >= 15 is 0 Å². The van der Waals surface area contributed by atoms with Gasteiger partial charge in [-0.05, 0) is 24.1 Å². The third kappa shape index (κ3) is 2.93. The summed E-state index contributed by atoms with van der Waals surface area (Å²) in [7, 11) is 0. The highest BCUT2D eigenvalue weighted by atomic mass is 14.9. The molecule has 1 aromatic carbocycles. The highest BCUT2D eigenvalue weighted by Gasteiger charge is 2.03. The van der Waals surface area contributed by atoms with Crippen molar-refractivity contribution in [1.29, 1.82) is 0 Å². The van der Waals surface area contributed by atoms with Gasteiger partial charge in [-0.25, -0.2) is 0 Å². The summed E-state index contributed by atoms with van der Waals surface area (Å²) in [6, 6.07) is 6.14. The van der Waals surface area contributed by atoms with Crippen molar-refractivity contribution in [2.45, 2.75) is 26.7 Å². The molecule has 0 bridgehead atoms. The SMILES string of the molecule is CCC(CC)CNc1ccc2nccnc2c1. The van der Waals surface area contributed by atoms with Crippen molar-refractivity contribution in [3.8, 4) is 0 Å². The van der Waals surface area contributed by atoms with Crippen molar-refractivity contribution >= 4 is 16.7 Å². The van der Waals surface area contributed by atoms with Crippen LogP contribution in [0.2, 0.25) is 0 Å². The quantitative estimate of drug-likeness (QED) is 0.853. The van der Waals surface area contributed by atoms with Crippen molar-refractivity contribution in [2.24, 2.45) is 5.92 Å². The molecule has 0 spiro atoms. The van der Waals surface area contributed by atoms with Gasteiger partial charge in [0.2, 0.25) is 0 Å². The molecule has 0 saturated carbocycles. The number of hydrogen-bond acceptors (Lipinski definition) is 3. The standard InChI is InChI=1S/C14H19N3/c1-3-11(4-2)10-17-12-5-6-13-14(9-12)16-8-7-15-13/h5-9,11,17H,3-4,10H2,1-2H3. The first-order chi connectivity index (χ1) is 8.33. The predicted molar refractivity (Wildman–Crippen MR) is 72.1 cm³/mol. The van der Waals surface area contributed by atoms with E-state index in [-0.39, 0.29) is 0 Å². The molecule has 0 radical (unpaired) electrons. The van der Waals surface area contributed by atoms with E-state index in [1.54, 1.807) is 12.4 Å². The van der Waals surface area contributed by atoms with Gasteiger partial charge in [0.15, 0.2) is 0 Å². The van der Waals surface area contributed by atoms with Crippen molar-refractivity contribution < 1.29 is 0 Å². The van der Waals surface area contributed by atoms with Crippen LogP contribution in [0.15, 0.2) is 30.6 Å². The zero-order chi connectivity index (χ0) is 12.1. The molecule has 90 valence electrons. The highest BCUT2D eigenvalue weighted by molar-refractivity contribution is 5.78. The molecule has 3 nitrogen and oxygen atoms in total. The summed E-state index contributed by atoms with van der Waals surface area (Å²) in [5, 5.41) is 3.47. The van der Waals surface area contributed by atoms with Gasteiger partial charge in [0.25, 0.3) is 0 Å². The molecule has 0 unspecified atom stereocenters. The first-order valence-corrected chi connectivity index (χ1v) is 6.28. The summed E-state index contributed by atoms with van der Waals surface area (Å²) >= 11 is 0. The van der Waals surface area contributed by atoms with E-state index in [4.69, 9.17) is 0 Å². The maximum absolute atomic E-state index is 4.31. The third-order valence-corrected chi connectivity index (χ3v) is 3.22. The Kier molecular flexibility index (Phi) is 3.91. The van der Waals surface area contributed by atoms with E-state index in [1.807, 2.05) is 6.07 Å². The number of rotatable bonds is 5. The number of benzene rings is 1. The van der Waals surface area contributed by atoms with Gasteiger partial charge in [-0.3, -0.25) is 9.97 Å². The maximum atomic E-state index is 4.31. The number of nitrogens with zero attached hydrogens (tertiary/aromatic N) is 2. The summed E-state index contributed by atoms with van der Waals surface area (Å²) in [5.41, 5.74) is 3.02. The van der Waals surface area contributed by atoms with E-state index in [9.17, 15) is 0 Å². The lowest BCUT2D eigenvalue weighted by Gasteiger charge is -2.14. The van der Waals surface area contributed by atoms with Crippen LogP contribution >= 0.6 is 0 Å². The van der Waals surface area contributed by atoms with Crippen LogP contribution in [0.25, 0.3) is 11.0 Å². The molecule has 2 aromatic rings. The Hall–Kier alpha value is -1.64. The van der Waals surface area contributed by atoms with Gasteiger partial charge in [0, 0.05) is 24.6 Å². The Morgan fingerprint density at radius 1 is 1.06 bits per heavy atom. The number of fused-ring (bicyclic) bond motifs is 1. The molecule has 3 heteroatoms. The largest absolute Gasteiger partial charge is 0.385 e. The minimum atomic E-state index is 0.743. The number of nitrogens with one attached hydrogen (secondary N) is 1. The lowest BCUT2D eigenvalue weighted by Crippen LogP contribution is -2.12. The molecule has 0 amide bonds. The molecule has 0 aliphatic heterocycles. The fourth-order valence-electron chi connectivity index (χ4n) is 1.91. The second-order valence-electron chi connectivity index (χ2n) is 4.32. The van der Waals surface area contributed by atoms with Gasteiger partial charge in [0.05, 0.1) is 11.0 Å². The molecule has 0 aliphatic rings. The van der Waals surface area contributed by atoms with Gasteiger partial charge in [-0.2, -0.15) is 0 Å². The highest BCUT2D eigenvalue weighted by Crippen LogP contribution is 2.16. The summed E-state index contributed by atoms with van der Waals surface area (Å²) < 4.78 is 0. The normalized spacial score (nSPS) is 11.0. The minimum Gasteiger partial charge on any atom is -0.385 e. The van der Waals surface area contributed by atoms with Crippen LogP contribution in [-0.2, 0) is 0 Å². The van der Waals surface area contributed by atoms with E-state index in [0.717, 1.165) is 29.2 Å². The molecule has 0 saturated heterocycles. The first kappa shape index (κ1) is 11.8. The number of anilines is 1. The smallest absolute Gasteiger partial charge is 0.0907 e. The summed E-state index contributed by atoms with van der Waals surface area (Å²) in [5.74, 6) is 0.743. The van der Waals surface area contributed by atoms with Crippen LogP contribution < -0.4 is 5.32 Å². The average Bonchev–Trinajstić information content (AvgIpc) is 2.40. The Morgan fingerprint density at radius 3 is 2.47 bits per heavy atom. The first-order valence-electron chi connectivity index (χ1n) is 6.28. The average molecular weight is 229 g/mol. The monoisotopic (exact) mass is 229 g/mol. The minimum absolute atomic E-state index is 0.743.